The van der Waals surface area contributed by atoms with Gasteiger partial charge in [-0.3, -0.25) is 0 Å². The molecular formula is C16H17ClFN3O3S. The first kappa shape index (κ1) is 18.0. The normalized spacial score (nSPS) is 18.9. The zero-order valence-corrected chi connectivity index (χ0v) is 15.1. The van der Waals surface area contributed by atoms with Crippen molar-refractivity contribution in [1.82, 2.24) is 14.3 Å². The van der Waals surface area contributed by atoms with E-state index in [-0.39, 0.29) is 23.6 Å². The minimum atomic E-state index is -3.72. The number of ether oxygens (including phenoxy) is 1. The van der Waals surface area contributed by atoms with Crippen LogP contribution in [-0.2, 0) is 10.0 Å². The molecule has 1 saturated heterocycles. The zero-order valence-electron chi connectivity index (χ0n) is 13.5. The third-order valence-corrected chi connectivity index (χ3v) is 6.18. The smallest absolute Gasteiger partial charge is 0.316 e. The average Bonchev–Trinajstić information content (AvgIpc) is 2.57. The Bertz CT molecular complexity index is 861. The van der Waals surface area contributed by atoms with Gasteiger partial charge in [-0.2, -0.15) is 4.31 Å². The number of aromatic nitrogens is 2. The maximum absolute atomic E-state index is 13.3. The molecule has 9 heteroatoms. The number of piperidine rings is 1. The number of sulfonamides is 1. The maximum atomic E-state index is 13.3. The van der Waals surface area contributed by atoms with Crippen molar-refractivity contribution in [3.63, 3.8) is 0 Å². The lowest BCUT2D eigenvalue weighted by molar-refractivity contribution is 0.119. The van der Waals surface area contributed by atoms with Gasteiger partial charge < -0.3 is 4.74 Å². The monoisotopic (exact) mass is 385 g/mol. The molecule has 1 aliphatic heterocycles. The molecule has 6 nitrogen and oxygen atoms in total. The molecule has 2 aromatic rings. The molecular weight excluding hydrogens is 369 g/mol. The predicted octanol–water partition coefficient (Wildman–Crippen LogP) is 2.81. The van der Waals surface area contributed by atoms with E-state index in [1.807, 2.05) is 0 Å². The van der Waals surface area contributed by atoms with Crippen LogP contribution in [0.25, 0.3) is 0 Å². The van der Waals surface area contributed by atoms with Crippen LogP contribution < -0.4 is 4.74 Å². The summed E-state index contributed by atoms with van der Waals surface area (Å²) in [5, 5.41) is 0.395. The summed E-state index contributed by atoms with van der Waals surface area (Å²) < 4.78 is 46.0. The summed E-state index contributed by atoms with van der Waals surface area (Å²) in [5.41, 5.74) is 0.379. The van der Waals surface area contributed by atoms with Crippen LogP contribution in [0.15, 0.2) is 35.5 Å². The number of hydrogen-bond donors (Lipinski definition) is 0. The molecule has 0 bridgehead atoms. The first-order valence-corrected chi connectivity index (χ1v) is 9.58. The van der Waals surface area contributed by atoms with E-state index in [2.05, 4.69) is 9.97 Å². The first-order valence-electron chi connectivity index (χ1n) is 7.77. The Balaban J connectivity index is 1.76. The van der Waals surface area contributed by atoms with Crippen LogP contribution in [0.5, 0.6) is 6.01 Å². The van der Waals surface area contributed by atoms with Crippen molar-refractivity contribution in [3.05, 3.63) is 47.0 Å². The highest BCUT2D eigenvalue weighted by molar-refractivity contribution is 7.89. The highest BCUT2D eigenvalue weighted by Crippen LogP contribution is 2.25. The second kappa shape index (κ2) is 7.23. The van der Waals surface area contributed by atoms with Crippen molar-refractivity contribution in [3.8, 4) is 6.01 Å². The number of halogens is 2. The second-order valence-corrected chi connectivity index (χ2v) is 8.18. The van der Waals surface area contributed by atoms with Crippen LogP contribution >= 0.6 is 11.6 Å². The Labute approximate surface area is 150 Å². The minimum Gasteiger partial charge on any atom is -0.459 e. The fourth-order valence-corrected chi connectivity index (χ4v) is 4.58. The summed E-state index contributed by atoms with van der Waals surface area (Å²) in [6.45, 7) is 2.15. The minimum absolute atomic E-state index is 0.109. The highest BCUT2D eigenvalue weighted by Gasteiger charge is 2.32. The van der Waals surface area contributed by atoms with E-state index in [1.165, 1.54) is 28.8 Å². The lowest BCUT2D eigenvalue weighted by Crippen LogP contribution is -2.44. The Hall–Kier alpha value is -1.77. The first-order chi connectivity index (χ1) is 11.9. The Morgan fingerprint density at radius 2 is 2.04 bits per heavy atom. The summed E-state index contributed by atoms with van der Waals surface area (Å²) in [5.74, 6) is -0.462. The van der Waals surface area contributed by atoms with E-state index < -0.39 is 15.8 Å². The molecule has 0 amide bonds. The van der Waals surface area contributed by atoms with E-state index in [9.17, 15) is 12.8 Å². The van der Waals surface area contributed by atoms with Crippen molar-refractivity contribution < 1.29 is 17.5 Å². The molecule has 0 radical (unpaired) electrons. The van der Waals surface area contributed by atoms with E-state index in [0.29, 0.717) is 30.0 Å². The van der Waals surface area contributed by atoms with Crippen LogP contribution in [-0.4, -0.2) is 41.9 Å². The van der Waals surface area contributed by atoms with E-state index in [0.717, 1.165) is 6.07 Å². The molecule has 1 atom stereocenters. The van der Waals surface area contributed by atoms with Gasteiger partial charge in [0.2, 0.25) is 10.0 Å². The van der Waals surface area contributed by atoms with Gasteiger partial charge in [-0.25, -0.2) is 22.8 Å². The van der Waals surface area contributed by atoms with E-state index >= 15 is 0 Å². The van der Waals surface area contributed by atoms with Gasteiger partial charge in [-0.1, -0.05) is 11.6 Å². The van der Waals surface area contributed by atoms with Gasteiger partial charge >= 0.3 is 6.01 Å². The Morgan fingerprint density at radius 3 is 2.72 bits per heavy atom. The number of rotatable bonds is 4. The van der Waals surface area contributed by atoms with E-state index in [4.69, 9.17) is 16.3 Å². The molecule has 25 heavy (non-hydrogen) atoms. The van der Waals surface area contributed by atoms with Gasteiger partial charge in [-0.05, 0) is 43.5 Å². The molecule has 0 spiro atoms. The van der Waals surface area contributed by atoms with Crippen molar-refractivity contribution >= 4 is 21.6 Å². The second-order valence-electron chi connectivity index (χ2n) is 5.84. The van der Waals surface area contributed by atoms with E-state index in [1.54, 1.807) is 6.92 Å². The maximum Gasteiger partial charge on any atom is 0.316 e. The standard InChI is InChI=1S/C16H17ClFN3O3S/c1-11-7-13(18)4-5-15(11)25(22,23)21-6-2-3-14(10-21)24-16-19-8-12(17)9-20-16/h4-5,7-9,14H,2-3,6,10H2,1H3/t14-/m0/s1. The fraction of sp³-hybridized carbons (Fsp3) is 0.375. The number of hydrogen-bond acceptors (Lipinski definition) is 5. The lowest BCUT2D eigenvalue weighted by Gasteiger charge is -2.31. The van der Waals surface area contributed by atoms with Gasteiger partial charge in [0.05, 0.1) is 28.9 Å². The largest absolute Gasteiger partial charge is 0.459 e. The van der Waals surface area contributed by atoms with Gasteiger partial charge in [-0.15, -0.1) is 0 Å². The number of aryl methyl sites for hydroxylation is 1. The zero-order chi connectivity index (χ0) is 18.0. The van der Waals surface area contributed by atoms with Gasteiger partial charge in [0.1, 0.15) is 11.9 Å². The van der Waals surface area contributed by atoms with Crippen LogP contribution in [0, 0.1) is 12.7 Å². The molecule has 0 N–H and O–H groups in total. The highest BCUT2D eigenvalue weighted by atomic mass is 35.5. The van der Waals surface area contributed by atoms with Crippen molar-refractivity contribution in [1.29, 1.82) is 0 Å². The molecule has 0 saturated carbocycles. The van der Waals surface area contributed by atoms with Crippen molar-refractivity contribution in [2.75, 3.05) is 13.1 Å². The summed E-state index contributed by atoms with van der Waals surface area (Å²) in [6, 6.07) is 3.82. The molecule has 0 unspecified atom stereocenters. The molecule has 1 aliphatic rings. The van der Waals surface area contributed by atoms with Crippen LogP contribution in [0.1, 0.15) is 18.4 Å². The summed E-state index contributed by atoms with van der Waals surface area (Å²) in [6.07, 6.45) is 3.83. The summed E-state index contributed by atoms with van der Waals surface area (Å²) >= 11 is 5.74. The molecule has 1 fully saturated rings. The van der Waals surface area contributed by atoms with Gasteiger partial charge in [0.15, 0.2) is 0 Å². The molecule has 1 aromatic carbocycles. The Morgan fingerprint density at radius 1 is 1.32 bits per heavy atom. The molecule has 2 heterocycles. The number of nitrogens with zero attached hydrogens (tertiary/aromatic N) is 3. The third-order valence-electron chi connectivity index (χ3n) is 3.96. The fourth-order valence-electron chi connectivity index (χ4n) is 2.77. The van der Waals surface area contributed by atoms with Crippen LogP contribution in [0.4, 0.5) is 4.39 Å². The SMILES string of the molecule is Cc1cc(F)ccc1S(=O)(=O)N1CCC[C@H](Oc2ncc(Cl)cn2)C1. The van der Waals surface area contributed by atoms with Crippen molar-refractivity contribution in [2.24, 2.45) is 0 Å². The lowest BCUT2D eigenvalue weighted by atomic mass is 10.1. The molecule has 134 valence electrons. The average molecular weight is 386 g/mol. The van der Waals surface area contributed by atoms with Crippen LogP contribution in [0.3, 0.4) is 0 Å². The van der Waals surface area contributed by atoms with Gasteiger partial charge in [0.25, 0.3) is 0 Å². The van der Waals surface area contributed by atoms with Crippen molar-refractivity contribution in [2.45, 2.75) is 30.8 Å². The quantitative estimate of drug-likeness (QED) is 0.809. The molecule has 3 rings (SSSR count). The van der Waals surface area contributed by atoms with Crippen LogP contribution in [0.2, 0.25) is 5.02 Å². The Kier molecular flexibility index (Phi) is 5.21. The third kappa shape index (κ3) is 4.08. The predicted molar refractivity (Wildman–Crippen MR) is 90.6 cm³/mol. The number of benzene rings is 1. The molecule has 1 aromatic heterocycles. The van der Waals surface area contributed by atoms with Gasteiger partial charge in [0, 0.05) is 6.54 Å². The molecule has 0 aliphatic carbocycles. The summed E-state index contributed by atoms with van der Waals surface area (Å²) in [7, 11) is -3.72. The topological polar surface area (TPSA) is 72.4 Å². The summed E-state index contributed by atoms with van der Waals surface area (Å²) in [4.78, 5) is 8.04.